The van der Waals surface area contributed by atoms with Crippen LogP contribution in [0.4, 0.5) is 0 Å². The Hall–Kier alpha value is -0.130. The number of hydrogen-bond acceptors (Lipinski definition) is 4. The Morgan fingerprint density at radius 1 is 1.56 bits per heavy atom. The lowest BCUT2D eigenvalue weighted by Gasteiger charge is -2.37. The van der Waals surface area contributed by atoms with Crippen LogP contribution < -0.4 is 5.73 Å². The van der Waals surface area contributed by atoms with E-state index in [4.69, 9.17) is 22.1 Å². The van der Waals surface area contributed by atoms with Crippen molar-refractivity contribution in [2.45, 2.75) is 38.5 Å². The first-order valence-electron chi connectivity index (χ1n) is 6.41. The molecule has 2 atom stereocenters. The molecule has 0 bridgehead atoms. The van der Waals surface area contributed by atoms with Crippen LogP contribution in [0, 0.1) is 0 Å². The van der Waals surface area contributed by atoms with Gasteiger partial charge in [0.2, 0.25) is 0 Å². The Balaban J connectivity index is 1.90. The minimum absolute atomic E-state index is 0.0428. The molecule has 2 N–H and O–H groups in total. The molecule has 0 radical (unpaired) electrons. The summed E-state index contributed by atoms with van der Waals surface area (Å²) in [5, 5.41) is 0. The molecule has 1 fully saturated rings. The predicted octanol–water partition coefficient (Wildman–Crippen LogP) is 2.38. The second kappa shape index (κ2) is 6.35. The fourth-order valence-corrected chi connectivity index (χ4v) is 3.41. The molecule has 102 valence electrons. The van der Waals surface area contributed by atoms with Gasteiger partial charge in [0.1, 0.15) is 0 Å². The number of nitrogens with zero attached hydrogens (tertiary/aromatic N) is 1. The summed E-state index contributed by atoms with van der Waals surface area (Å²) in [4.78, 5) is 3.66. The number of morpholine rings is 1. The molecule has 3 nitrogen and oxygen atoms in total. The molecule has 1 aliphatic rings. The highest BCUT2D eigenvalue weighted by Crippen LogP contribution is 2.23. The van der Waals surface area contributed by atoms with E-state index in [2.05, 4.69) is 24.8 Å². The zero-order chi connectivity index (χ0) is 13.1. The molecule has 1 aliphatic heterocycles. The molecular formula is C13H21ClN2OS. The van der Waals surface area contributed by atoms with Crippen LogP contribution in [0.15, 0.2) is 12.1 Å². The summed E-state index contributed by atoms with van der Waals surface area (Å²) >= 11 is 7.54. The first-order valence-corrected chi connectivity index (χ1v) is 7.61. The lowest BCUT2D eigenvalue weighted by molar-refractivity contribution is -0.0494. The molecule has 2 heterocycles. The molecule has 18 heavy (non-hydrogen) atoms. The quantitative estimate of drug-likeness (QED) is 0.924. The number of nitrogens with two attached hydrogens (primary N) is 1. The van der Waals surface area contributed by atoms with Crippen LogP contribution in [0.2, 0.25) is 4.34 Å². The average Bonchev–Trinajstić information content (AvgIpc) is 2.75. The second-order valence-corrected chi connectivity index (χ2v) is 6.87. The van der Waals surface area contributed by atoms with Crippen molar-refractivity contribution in [3.63, 3.8) is 0 Å². The Morgan fingerprint density at radius 3 is 2.94 bits per heavy atom. The van der Waals surface area contributed by atoms with Crippen LogP contribution in [-0.2, 0) is 11.2 Å². The summed E-state index contributed by atoms with van der Waals surface area (Å²) in [6.45, 7) is 7.14. The molecule has 0 spiro atoms. The van der Waals surface area contributed by atoms with Crippen LogP contribution in [0.1, 0.15) is 18.7 Å². The fourth-order valence-electron chi connectivity index (χ4n) is 2.25. The Bertz CT molecular complexity index is 383. The van der Waals surface area contributed by atoms with E-state index in [1.54, 1.807) is 11.3 Å². The van der Waals surface area contributed by atoms with Crippen LogP contribution >= 0.6 is 22.9 Å². The van der Waals surface area contributed by atoms with E-state index in [9.17, 15) is 0 Å². The zero-order valence-corrected chi connectivity index (χ0v) is 12.5. The number of thiophene rings is 1. The summed E-state index contributed by atoms with van der Waals surface area (Å²) in [6, 6.07) is 4.58. The highest BCUT2D eigenvalue weighted by molar-refractivity contribution is 7.16. The van der Waals surface area contributed by atoms with Gasteiger partial charge >= 0.3 is 0 Å². The maximum absolute atomic E-state index is 6.26. The van der Waals surface area contributed by atoms with Gasteiger partial charge in [0.25, 0.3) is 0 Å². The molecule has 0 aliphatic carbocycles. The van der Waals surface area contributed by atoms with Gasteiger partial charge in [-0.2, -0.15) is 0 Å². The lowest BCUT2D eigenvalue weighted by Crippen LogP contribution is -2.53. The van der Waals surface area contributed by atoms with Gasteiger partial charge in [-0.15, -0.1) is 11.3 Å². The van der Waals surface area contributed by atoms with Gasteiger partial charge in [-0.25, -0.2) is 0 Å². The van der Waals surface area contributed by atoms with Gasteiger partial charge < -0.3 is 10.5 Å². The predicted molar refractivity (Wildman–Crippen MR) is 77.5 cm³/mol. The smallest absolute Gasteiger partial charge is 0.0931 e. The third-order valence-electron chi connectivity index (χ3n) is 3.40. The Kier molecular flexibility index (Phi) is 5.04. The van der Waals surface area contributed by atoms with Crippen molar-refractivity contribution >= 4 is 22.9 Å². The van der Waals surface area contributed by atoms with E-state index in [-0.39, 0.29) is 12.1 Å². The highest BCUT2D eigenvalue weighted by Gasteiger charge is 2.27. The van der Waals surface area contributed by atoms with Crippen molar-refractivity contribution in [1.82, 2.24) is 4.90 Å². The third-order valence-corrected chi connectivity index (χ3v) is 4.65. The maximum Gasteiger partial charge on any atom is 0.0931 e. The van der Waals surface area contributed by atoms with Gasteiger partial charge in [-0.1, -0.05) is 11.6 Å². The Morgan fingerprint density at radius 2 is 2.33 bits per heavy atom. The van der Waals surface area contributed by atoms with Gasteiger partial charge in [-0.05, 0) is 32.4 Å². The minimum Gasteiger partial charge on any atom is -0.374 e. The summed E-state index contributed by atoms with van der Waals surface area (Å²) in [6.07, 6.45) is 0.968. The maximum atomic E-state index is 6.26. The molecule has 0 saturated carbocycles. The third kappa shape index (κ3) is 3.68. The molecule has 2 rings (SSSR count). The van der Waals surface area contributed by atoms with E-state index < -0.39 is 0 Å². The molecule has 5 heteroatoms. The fraction of sp³-hybridized carbons (Fsp3) is 0.692. The summed E-state index contributed by atoms with van der Waals surface area (Å²) in [5.74, 6) is 0. The number of hydrogen-bond donors (Lipinski definition) is 1. The lowest BCUT2D eigenvalue weighted by atomic mass is 10.0. The summed E-state index contributed by atoms with van der Waals surface area (Å²) in [7, 11) is 0. The Labute approximate surface area is 118 Å². The van der Waals surface area contributed by atoms with E-state index in [0.717, 1.165) is 30.5 Å². The van der Waals surface area contributed by atoms with Crippen molar-refractivity contribution in [2.24, 2.45) is 5.73 Å². The van der Waals surface area contributed by atoms with Gasteiger partial charge in [0.15, 0.2) is 0 Å². The highest BCUT2D eigenvalue weighted by atomic mass is 35.5. The molecule has 2 unspecified atom stereocenters. The van der Waals surface area contributed by atoms with Crippen LogP contribution in [-0.4, -0.2) is 42.8 Å². The second-order valence-electron chi connectivity index (χ2n) is 5.07. The summed E-state index contributed by atoms with van der Waals surface area (Å²) < 4.78 is 6.63. The number of rotatable bonds is 4. The molecule has 1 saturated heterocycles. The van der Waals surface area contributed by atoms with Crippen molar-refractivity contribution in [1.29, 1.82) is 0 Å². The van der Waals surface area contributed by atoms with E-state index >= 15 is 0 Å². The SMILES string of the molecule is CC(C)N1CCOC(C(N)Cc2ccc(Cl)s2)C1. The van der Waals surface area contributed by atoms with Gasteiger partial charge in [0, 0.05) is 30.1 Å². The van der Waals surface area contributed by atoms with Gasteiger partial charge in [-0.3, -0.25) is 4.90 Å². The number of ether oxygens (including phenoxy) is 1. The van der Waals surface area contributed by atoms with Crippen molar-refractivity contribution in [3.05, 3.63) is 21.3 Å². The number of halogens is 1. The first kappa shape index (κ1) is 14.3. The average molecular weight is 289 g/mol. The van der Waals surface area contributed by atoms with E-state index in [1.807, 2.05) is 6.07 Å². The standard InChI is InChI=1S/C13H21ClN2OS/c1-9(2)16-5-6-17-12(8-16)11(15)7-10-3-4-13(14)18-10/h3-4,9,11-12H,5-8,15H2,1-2H3. The molecule has 1 aromatic heterocycles. The minimum atomic E-state index is 0.0428. The molecular weight excluding hydrogens is 268 g/mol. The normalized spacial score (nSPS) is 23.5. The van der Waals surface area contributed by atoms with Crippen LogP contribution in [0.25, 0.3) is 0 Å². The van der Waals surface area contributed by atoms with E-state index in [1.165, 1.54) is 4.88 Å². The molecule has 0 aromatic carbocycles. The van der Waals surface area contributed by atoms with Crippen LogP contribution in [0.5, 0.6) is 0 Å². The van der Waals surface area contributed by atoms with E-state index in [0.29, 0.717) is 6.04 Å². The van der Waals surface area contributed by atoms with Gasteiger partial charge in [0.05, 0.1) is 17.0 Å². The largest absolute Gasteiger partial charge is 0.374 e. The van der Waals surface area contributed by atoms with Crippen molar-refractivity contribution < 1.29 is 4.74 Å². The monoisotopic (exact) mass is 288 g/mol. The van der Waals surface area contributed by atoms with Crippen molar-refractivity contribution in [3.8, 4) is 0 Å². The topological polar surface area (TPSA) is 38.5 Å². The first-order chi connectivity index (χ1) is 8.56. The van der Waals surface area contributed by atoms with Crippen LogP contribution in [0.3, 0.4) is 0 Å². The molecule has 0 amide bonds. The van der Waals surface area contributed by atoms with Crippen molar-refractivity contribution in [2.75, 3.05) is 19.7 Å². The zero-order valence-electron chi connectivity index (χ0n) is 10.9. The summed E-state index contributed by atoms with van der Waals surface area (Å²) in [5.41, 5.74) is 6.26. The molecule has 1 aromatic rings.